The van der Waals surface area contributed by atoms with E-state index in [1.54, 1.807) is 18.4 Å². The average Bonchev–Trinajstić information content (AvgIpc) is 3.07. The summed E-state index contributed by atoms with van der Waals surface area (Å²) in [6, 6.07) is 5.42. The van der Waals surface area contributed by atoms with Crippen LogP contribution in [-0.4, -0.2) is 50.1 Å². The first kappa shape index (κ1) is 16.1. The molecule has 22 heavy (non-hydrogen) atoms. The number of piperazine rings is 1. The van der Waals surface area contributed by atoms with Crippen molar-refractivity contribution in [2.24, 2.45) is 0 Å². The molecule has 1 saturated heterocycles. The largest absolute Gasteiger partial charge is 0.467 e. The Morgan fingerprint density at radius 2 is 2.32 bits per heavy atom. The normalized spacial score (nSPS) is 16.0. The highest BCUT2D eigenvalue weighted by Crippen LogP contribution is 2.00. The van der Waals surface area contributed by atoms with E-state index >= 15 is 0 Å². The molecule has 118 valence electrons. The predicted molar refractivity (Wildman–Crippen MR) is 81.6 cm³/mol. The first-order chi connectivity index (χ1) is 10.8. The number of rotatable bonds is 7. The summed E-state index contributed by atoms with van der Waals surface area (Å²) in [4.78, 5) is 14.2. The highest BCUT2D eigenvalue weighted by atomic mass is 16.3. The smallest absolute Gasteiger partial charge is 0.263 e. The Labute approximate surface area is 130 Å². The summed E-state index contributed by atoms with van der Waals surface area (Å²) < 4.78 is 5.12. The summed E-state index contributed by atoms with van der Waals surface area (Å²) in [6.45, 7) is 5.94. The van der Waals surface area contributed by atoms with Crippen LogP contribution in [0.3, 0.4) is 0 Å². The Morgan fingerprint density at radius 3 is 3.00 bits per heavy atom. The minimum atomic E-state index is -0.409. The van der Waals surface area contributed by atoms with Gasteiger partial charge in [-0.25, -0.2) is 0 Å². The van der Waals surface area contributed by atoms with Gasteiger partial charge < -0.3 is 20.4 Å². The van der Waals surface area contributed by atoms with Crippen LogP contribution in [0.15, 0.2) is 34.6 Å². The molecule has 0 aliphatic carbocycles. The molecule has 7 heteroatoms. The van der Waals surface area contributed by atoms with Crippen molar-refractivity contribution >= 4 is 5.91 Å². The van der Waals surface area contributed by atoms with Gasteiger partial charge in [0.15, 0.2) is 0 Å². The Balaban J connectivity index is 1.70. The van der Waals surface area contributed by atoms with Gasteiger partial charge in [-0.15, -0.1) is 0 Å². The minimum absolute atomic E-state index is 0.0619. The van der Waals surface area contributed by atoms with Crippen LogP contribution in [0.5, 0.6) is 0 Å². The van der Waals surface area contributed by atoms with Crippen LogP contribution in [0.25, 0.3) is 0 Å². The van der Waals surface area contributed by atoms with Crippen molar-refractivity contribution in [1.29, 1.82) is 5.26 Å². The fraction of sp³-hybridized carbons (Fsp3) is 0.467. The van der Waals surface area contributed by atoms with E-state index in [1.165, 1.54) is 6.20 Å². The molecule has 1 aromatic rings. The van der Waals surface area contributed by atoms with Crippen LogP contribution in [0, 0.1) is 11.3 Å². The van der Waals surface area contributed by atoms with E-state index < -0.39 is 5.91 Å². The van der Waals surface area contributed by atoms with Gasteiger partial charge in [0.25, 0.3) is 5.91 Å². The zero-order valence-corrected chi connectivity index (χ0v) is 12.5. The van der Waals surface area contributed by atoms with Crippen molar-refractivity contribution in [2.75, 3.05) is 39.3 Å². The van der Waals surface area contributed by atoms with Crippen LogP contribution >= 0.6 is 0 Å². The van der Waals surface area contributed by atoms with Crippen molar-refractivity contribution < 1.29 is 9.21 Å². The molecule has 1 aliphatic rings. The molecule has 0 radical (unpaired) electrons. The van der Waals surface area contributed by atoms with Crippen LogP contribution in [0.2, 0.25) is 0 Å². The number of hydrogen-bond donors (Lipinski definition) is 3. The van der Waals surface area contributed by atoms with E-state index in [1.807, 2.05) is 6.07 Å². The molecule has 1 amide bonds. The third kappa shape index (κ3) is 5.24. The van der Waals surface area contributed by atoms with E-state index in [4.69, 9.17) is 9.68 Å². The summed E-state index contributed by atoms with van der Waals surface area (Å²) in [5.74, 6) is 0.242. The Hall–Kier alpha value is -2.30. The Kier molecular flexibility index (Phi) is 6.48. The van der Waals surface area contributed by atoms with Gasteiger partial charge in [0.05, 0.1) is 12.8 Å². The molecule has 7 nitrogen and oxygen atoms in total. The molecule has 0 unspecified atom stereocenters. The van der Waals surface area contributed by atoms with Gasteiger partial charge in [0.1, 0.15) is 17.4 Å². The van der Waals surface area contributed by atoms with Gasteiger partial charge >= 0.3 is 0 Å². The van der Waals surface area contributed by atoms with Crippen molar-refractivity contribution in [2.45, 2.75) is 6.54 Å². The maximum absolute atomic E-state index is 11.9. The van der Waals surface area contributed by atoms with E-state index in [2.05, 4.69) is 20.9 Å². The minimum Gasteiger partial charge on any atom is -0.467 e. The lowest BCUT2D eigenvalue weighted by atomic mass is 10.3. The van der Waals surface area contributed by atoms with Gasteiger partial charge in [-0.05, 0) is 12.1 Å². The number of carbonyl (C=O) groups is 1. The molecule has 1 aromatic heterocycles. The van der Waals surface area contributed by atoms with Crippen LogP contribution in [-0.2, 0) is 11.3 Å². The van der Waals surface area contributed by atoms with Crippen molar-refractivity contribution in [3.8, 4) is 6.07 Å². The molecule has 0 aromatic carbocycles. The number of amides is 1. The van der Waals surface area contributed by atoms with E-state index in [9.17, 15) is 4.79 Å². The fourth-order valence-electron chi connectivity index (χ4n) is 2.16. The molecule has 2 heterocycles. The molecule has 0 atom stereocenters. The van der Waals surface area contributed by atoms with Crippen LogP contribution < -0.4 is 16.0 Å². The molecule has 0 spiro atoms. The molecule has 3 N–H and O–H groups in total. The zero-order valence-electron chi connectivity index (χ0n) is 12.5. The summed E-state index contributed by atoms with van der Waals surface area (Å²) in [5.41, 5.74) is 0.0619. The maximum atomic E-state index is 11.9. The van der Waals surface area contributed by atoms with Gasteiger partial charge in [-0.1, -0.05) is 0 Å². The fourth-order valence-corrected chi connectivity index (χ4v) is 2.16. The summed E-state index contributed by atoms with van der Waals surface area (Å²) in [5, 5.41) is 18.0. The van der Waals surface area contributed by atoms with Crippen molar-refractivity contribution in [3.63, 3.8) is 0 Å². The molecule has 1 aliphatic heterocycles. The molecule has 0 saturated carbocycles. The molecular weight excluding hydrogens is 282 g/mol. The Morgan fingerprint density at radius 1 is 1.50 bits per heavy atom. The molecule has 2 rings (SSSR count). The second-order valence-electron chi connectivity index (χ2n) is 4.98. The summed E-state index contributed by atoms with van der Waals surface area (Å²) in [6.07, 6.45) is 3.01. The number of nitrogens with zero attached hydrogens (tertiary/aromatic N) is 2. The number of nitrogens with one attached hydrogen (secondary N) is 3. The highest BCUT2D eigenvalue weighted by Gasteiger charge is 2.10. The lowest BCUT2D eigenvalue weighted by Gasteiger charge is -2.26. The highest BCUT2D eigenvalue weighted by molar-refractivity contribution is 5.97. The molecule has 0 bridgehead atoms. The van der Waals surface area contributed by atoms with Crippen LogP contribution in [0.4, 0.5) is 0 Å². The topological polar surface area (TPSA) is 93.3 Å². The van der Waals surface area contributed by atoms with Crippen LogP contribution in [0.1, 0.15) is 5.76 Å². The molecular formula is C15H21N5O2. The molecule has 1 fully saturated rings. The zero-order chi connectivity index (χ0) is 15.6. The average molecular weight is 303 g/mol. The lowest BCUT2D eigenvalue weighted by Crippen LogP contribution is -2.45. The third-order valence-electron chi connectivity index (χ3n) is 3.40. The van der Waals surface area contributed by atoms with E-state index in [0.717, 1.165) is 32.7 Å². The standard InChI is InChI=1S/C15H21N5O2/c16-10-13(15(21)19-12-14-2-1-9-22-14)11-18-5-8-20-6-3-17-4-7-20/h1-2,9,11,17-18H,3-8,12H2,(H,19,21)/b13-11-. The number of furan rings is 1. The van der Waals surface area contributed by atoms with Gasteiger partial charge in [-0.3, -0.25) is 9.69 Å². The number of nitriles is 1. The van der Waals surface area contributed by atoms with Gasteiger partial charge in [-0.2, -0.15) is 5.26 Å². The third-order valence-corrected chi connectivity index (χ3v) is 3.40. The van der Waals surface area contributed by atoms with Gasteiger partial charge in [0, 0.05) is 45.5 Å². The Bertz CT molecular complexity index is 527. The second kappa shape index (κ2) is 8.87. The monoisotopic (exact) mass is 303 g/mol. The van der Waals surface area contributed by atoms with Crippen molar-refractivity contribution in [3.05, 3.63) is 35.9 Å². The van der Waals surface area contributed by atoms with Gasteiger partial charge in [0.2, 0.25) is 0 Å². The van der Waals surface area contributed by atoms with E-state index in [-0.39, 0.29) is 12.1 Å². The summed E-state index contributed by atoms with van der Waals surface area (Å²) in [7, 11) is 0. The second-order valence-corrected chi connectivity index (χ2v) is 4.98. The van der Waals surface area contributed by atoms with E-state index in [0.29, 0.717) is 12.3 Å². The maximum Gasteiger partial charge on any atom is 0.263 e. The van der Waals surface area contributed by atoms with Crippen molar-refractivity contribution in [1.82, 2.24) is 20.9 Å². The number of hydrogen-bond acceptors (Lipinski definition) is 6. The quantitative estimate of drug-likeness (QED) is 0.367. The summed E-state index contributed by atoms with van der Waals surface area (Å²) >= 11 is 0. The predicted octanol–water partition coefficient (Wildman–Crippen LogP) is -0.202. The first-order valence-corrected chi connectivity index (χ1v) is 7.37. The lowest BCUT2D eigenvalue weighted by molar-refractivity contribution is -0.117. The number of carbonyl (C=O) groups excluding carboxylic acids is 1. The SMILES string of the molecule is N#C/C(=C/NCCN1CCNCC1)C(=O)NCc1ccco1. The first-order valence-electron chi connectivity index (χ1n) is 7.37.